The summed E-state index contributed by atoms with van der Waals surface area (Å²) < 4.78 is 5.73. The maximum Gasteiger partial charge on any atom is 0.266 e. The van der Waals surface area contributed by atoms with Gasteiger partial charge in [0.1, 0.15) is 4.88 Å². The van der Waals surface area contributed by atoms with Crippen molar-refractivity contribution >= 4 is 33.2 Å². The summed E-state index contributed by atoms with van der Waals surface area (Å²) in [5.41, 5.74) is 0.831. The number of carbonyl (C=O) groups excluding carboxylic acids is 1. The van der Waals surface area contributed by atoms with Gasteiger partial charge in [-0.25, -0.2) is 4.98 Å². The van der Waals surface area contributed by atoms with Crippen LogP contribution in [0.2, 0.25) is 0 Å². The minimum Gasteiger partial charge on any atom is -0.371 e. The van der Waals surface area contributed by atoms with E-state index in [9.17, 15) is 4.79 Å². The molecule has 2 heterocycles. The Bertz CT molecular complexity index is 449. The number of amides is 1. The number of halogens is 1. The average Bonchev–Trinajstić information content (AvgIpc) is 2.66. The third kappa shape index (κ3) is 2.92. The predicted octanol–water partition coefficient (Wildman–Crippen LogP) is 2.38. The molecule has 0 aromatic carbocycles. The van der Waals surface area contributed by atoms with Crippen LogP contribution in [-0.4, -0.2) is 46.4 Å². The van der Waals surface area contributed by atoms with Gasteiger partial charge in [0, 0.05) is 18.4 Å². The molecule has 0 saturated carbocycles. The van der Waals surface area contributed by atoms with Gasteiger partial charge in [-0.1, -0.05) is 15.9 Å². The molecule has 0 radical (unpaired) electrons. The smallest absolute Gasteiger partial charge is 0.266 e. The normalized spacial score (nSPS) is 24.3. The largest absolute Gasteiger partial charge is 0.371 e. The first-order valence-electron chi connectivity index (χ1n) is 5.96. The highest BCUT2D eigenvalue weighted by Gasteiger charge is 2.30. The number of aromatic nitrogens is 1. The quantitative estimate of drug-likeness (QED) is 0.781. The van der Waals surface area contributed by atoms with Gasteiger partial charge < -0.3 is 9.64 Å². The Balaban J connectivity index is 2.15. The second-order valence-corrected chi connectivity index (χ2v) is 6.43. The van der Waals surface area contributed by atoms with Crippen molar-refractivity contribution in [3.8, 4) is 0 Å². The van der Waals surface area contributed by atoms with E-state index in [-0.39, 0.29) is 18.1 Å². The monoisotopic (exact) mass is 332 g/mol. The van der Waals surface area contributed by atoms with Crippen LogP contribution in [0.5, 0.6) is 0 Å². The predicted molar refractivity (Wildman–Crippen MR) is 75.6 cm³/mol. The van der Waals surface area contributed by atoms with Crippen molar-refractivity contribution < 1.29 is 9.53 Å². The van der Waals surface area contributed by atoms with Crippen LogP contribution in [0.1, 0.15) is 27.3 Å². The van der Waals surface area contributed by atoms with E-state index < -0.39 is 0 Å². The molecule has 1 fully saturated rings. The summed E-state index contributed by atoms with van der Waals surface area (Å²) in [5, 5.41) is 1.69. The van der Waals surface area contributed by atoms with Crippen LogP contribution < -0.4 is 0 Å². The summed E-state index contributed by atoms with van der Waals surface area (Å²) in [5.74, 6) is 0.0826. The molecule has 1 saturated heterocycles. The molecule has 6 heteroatoms. The molecule has 1 amide bonds. The standard InChI is InChI=1S/C12H17BrN2O2S/c1-7-5-15(6-10(4-13)17-7)12(16)11-8(2)14-9(3)18-11/h7,10H,4-6H2,1-3H3. The number of alkyl halides is 1. The summed E-state index contributed by atoms with van der Waals surface area (Å²) in [4.78, 5) is 19.4. The van der Waals surface area contributed by atoms with E-state index in [0.717, 1.165) is 20.9 Å². The lowest BCUT2D eigenvalue weighted by atomic mass is 10.2. The zero-order chi connectivity index (χ0) is 13.3. The van der Waals surface area contributed by atoms with Gasteiger partial charge in [-0.3, -0.25) is 4.79 Å². The van der Waals surface area contributed by atoms with E-state index in [1.807, 2.05) is 25.7 Å². The van der Waals surface area contributed by atoms with Crippen molar-refractivity contribution in [2.75, 3.05) is 18.4 Å². The Morgan fingerprint density at radius 2 is 2.28 bits per heavy atom. The van der Waals surface area contributed by atoms with Crippen molar-refractivity contribution in [2.45, 2.75) is 33.0 Å². The first-order chi connectivity index (χ1) is 8.51. The van der Waals surface area contributed by atoms with Crippen LogP contribution in [0.15, 0.2) is 0 Å². The lowest BCUT2D eigenvalue weighted by Gasteiger charge is -2.36. The first-order valence-corrected chi connectivity index (χ1v) is 7.89. The molecular weight excluding hydrogens is 316 g/mol. The van der Waals surface area contributed by atoms with E-state index in [1.54, 1.807) is 0 Å². The van der Waals surface area contributed by atoms with Gasteiger partial charge in [-0.15, -0.1) is 11.3 Å². The van der Waals surface area contributed by atoms with E-state index in [0.29, 0.717) is 13.1 Å². The van der Waals surface area contributed by atoms with E-state index in [4.69, 9.17) is 4.74 Å². The van der Waals surface area contributed by atoms with E-state index in [1.165, 1.54) is 11.3 Å². The Kier molecular flexibility index (Phi) is 4.40. The number of hydrogen-bond donors (Lipinski definition) is 0. The molecule has 1 aromatic heterocycles. The lowest BCUT2D eigenvalue weighted by Crippen LogP contribution is -2.49. The van der Waals surface area contributed by atoms with Crippen molar-refractivity contribution in [1.82, 2.24) is 9.88 Å². The number of rotatable bonds is 2. The maximum atomic E-state index is 12.5. The molecule has 2 atom stereocenters. The first kappa shape index (κ1) is 14.0. The third-order valence-corrected chi connectivity index (χ3v) is 4.67. The van der Waals surface area contributed by atoms with Crippen LogP contribution >= 0.6 is 27.3 Å². The zero-order valence-corrected chi connectivity index (χ0v) is 13.2. The molecule has 18 heavy (non-hydrogen) atoms. The summed E-state index contributed by atoms with van der Waals surface area (Å²) in [6.07, 6.45) is 0.159. The Labute approximate surface area is 119 Å². The fourth-order valence-electron chi connectivity index (χ4n) is 2.17. The summed E-state index contributed by atoms with van der Waals surface area (Å²) in [6, 6.07) is 0. The van der Waals surface area contributed by atoms with Gasteiger partial charge in [-0.2, -0.15) is 0 Å². The molecule has 0 aliphatic carbocycles. The summed E-state index contributed by atoms with van der Waals surface area (Å²) in [7, 11) is 0. The average molecular weight is 333 g/mol. The molecule has 0 spiro atoms. The Hall–Kier alpha value is -0.460. The highest BCUT2D eigenvalue weighted by Crippen LogP contribution is 2.22. The molecule has 100 valence electrons. The number of aryl methyl sites for hydroxylation is 2. The molecule has 1 aliphatic rings. The maximum absolute atomic E-state index is 12.5. The molecular formula is C12H17BrN2O2S. The molecule has 0 bridgehead atoms. The van der Waals surface area contributed by atoms with Crippen molar-refractivity contribution in [3.63, 3.8) is 0 Å². The fourth-order valence-corrected chi connectivity index (χ4v) is 3.41. The van der Waals surface area contributed by atoms with Gasteiger partial charge in [0.05, 0.1) is 22.9 Å². The molecule has 1 aromatic rings. The van der Waals surface area contributed by atoms with E-state index >= 15 is 0 Å². The van der Waals surface area contributed by atoms with Gasteiger partial charge in [-0.05, 0) is 20.8 Å². The molecule has 2 unspecified atom stereocenters. The molecule has 4 nitrogen and oxygen atoms in total. The Morgan fingerprint density at radius 1 is 1.56 bits per heavy atom. The second kappa shape index (κ2) is 5.67. The SMILES string of the molecule is Cc1nc(C)c(C(=O)N2CC(C)OC(CBr)C2)s1. The van der Waals surface area contributed by atoms with Crippen LogP contribution in [0.4, 0.5) is 0 Å². The van der Waals surface area contributed by atoms with Crippen molar-refractivity contribution in [1.29, 1.82) is 0 Å². The summed E-state index contributed by atoms with van der Waals surface area (Å²) >= 11 is 4.89. The van der Waals surface area contributed by atoms with Gasteiger partial charge >= 0.3 is 0 Å². The van der Waals surface area contributed by atoms with Crippen LogP contribution in [0.3, 0.4) is 0 Å². The molecule has 2 rings (SSSR count). The number of carbonyl (C=O) groups is 1. The third-order valence-electron chi connectivity index (χ3n) is 2.88. The number of nitrogens with zero attached hydrogens (tertiary/aromatic N) is 2. The summed E-state index contributed by atoms with van der Waals surface area (Å²) in [6.45, 7) is 7.11. The minimum atomic E-state index is 0.0759. The second-order valence-electron chi connectivity index (χ2n) is 4.58. The Morgan fingerprint density at radius 3 is 2.83 bits per heavy atom. The van der Waals surface area contributed by atoms with Crippen LogP contribution in [-0.2, 0) is 4.74 Å². The minimum absolute atomic E-state index is 0.0759. The van der Waals surface area contributed by atoms with Crippen LogP contribution in [0, 0.1) is 13.8 Å². The highest BCUT2D eigenvalue weighted by atomic mass is 79.9. The van der Waals surface area contributed by atoms with Gasteiger partial charge in [0.2, 0.25) is 0 Å². The van der Waals surface area contributed by atoms with Crippen molar-refractivity contribution in [2.24, 2.45) is 0 Å². The highest BCUT2D eigenvalue weighted by molar-refractivity contribution is 9.09. The lowest BCUT2D eigenvalue weighted by molar-refractivity contribution is -0.0558. The van der Waals surface area contributed by atoms with Crippen molar-refractivity contribution in [3.05, 3.63) is 15.6 Å². The van der Waals surface area contributed by atoms with Gasteiger partial charge in [0.25, 0.3) is 5.91 Å². The molecule has 0 N–H and O–H groups in total. The van der Waals surface area contributed by atoms with E-state index in [2.05, 4.69) is 20.9 Å². The number of thiazole rings is 1. The number of morpholine rings is 1. The fraction of sp³-hybridized carbons (Fsp3) is 0.667. The zero-order valence-electron chi connectivity index (χ0n) is 10.8. The molecule has 1 aliphatic heterocycles. The number of ether oxygens (including phenoxy) is 1. The topological polar surface area (TPSA) is 42.4 Å². The van der Waals surface area contributed by atoms with Gasteiger partial charge in [0.15, 0.2) is 0 Å². The number of hydrogen-bond acceptors (Lipinski definition) is 4. The van der Waals surface area contributed by atoms with Crippen LogP contribution in [0.25, 0.3) is 0 Å².